The van der Waals surface area contributed by atoms with Crippen molar-refractivity contribution in [1.29, 1.82) is 0 Å². The second-order valence-corrected chi connectivity index (χ2v) is 6.54. The minimum absolute atomic E-state index is 0.0691. The number of hydrogen-bond acceptors (Lipinski definition) is 4. The molecule has 0 spiro atoms. The van der Waals surface area contributed by atoms with Crippen LogP contribution in [0.3, 0.4) is 0 Å². The molecule has 3 aliphatic rings. The summed E-state index contributed by atoms with van der Waals surface area (Å²) < 4.78 is 5.43. The van der Waals surface area contributed by atoms with E-state index in [9.17, 15) is 4.79 Å². The summed E-state index contributed by atoms with van der Waals surface area (Å²) in [6, 6.07) is 3.82. The summed E-state index contributed by atoms with van der Waals surface area (Å²) in [4.78, 5) is 13.9. The van der Waals surface area contributed by atoms with Crippen molar-refractivity contribution >= 4 is 23.0 Å². The molecule has 0 atom stereocenters. The highest BCUT2D eigenvalue weighted by molar-refractivity contribution is 5.97. The molecule has 1 heterocycles. The maximum Gasteiger partial charge on any atom is 0.262 e. The molecular formula is C16H21N3O2. The molecule has 21 heavy (non-hydrogen) atoms. The van der Waals surface area contributed by atoms with E-state index in [1.807, 2.05) is 12.1 Å². The van der Waals surface area contributed by atoms with Crippen LogP contribution in [0.2, 0.25) is 0 Å². The monoisotopic (exact) mass is 287 g/mol. The molecule has 1 aliphatic heterocycles. The van der Waals surface area contributed by atoms with Gasteiger partial charge in [-0.25, -0.2) is 0 Å². The normalized spacial score (nSPS) is 20.5. The van der Waals surface area contributed by atoms with Gasteiger partial charge in [0.15, 0.2) is 6.61 Å². The number of amides is 1. The highest BCUT2D eigenvalue weighted by atomic mass is 16.5. The summed E-state index contributed by atoms with van der Waals surface area (Å²) >= 11 is 0. The minimum Gasteiger partial charge on any atom is -0.482 e. The second kappa shape index (κ2) is 4.83. The highest BCUT2D eigenvalue weighted by Gasteiger charge is 2.31. The molecule has 2 fully saturated rings. The molecule has 1 aromatic carbocycles. The van der Waals surface area contributed by atoms with Crippen molar-refractivity contribution in [3.63, 3.8) is 0 Å². The van der Waals surface area contributed by atoms with Crippen LogP contribution >= 0.6 is 0 Å². The van der Waals surface area contributed by atoms with Gasteiger partial charge in [0, 0.05) is 19.2 Å². The van der Waals surface area contributed by atoms with Crippen LogP contribution in [0.5, 0.6) is 5.75 Å². The first-order chi connectivity index (χ1) is 10.2. The van der Waals surface area contributed by atoms with Gasteiger partial charge in [0.2, 0.25) is 0 Å². The van der Waals surface area contributed by atoms with Gasteiger partial charge >= 0.3 is 0 Å². The maximum atomic E-state index is 11.5. The first-order valence-electron chi connectivity index (χ1n) is 7.80. The topological polar surface area (TPSA) is 67.6 Å². The predicted octanol–water partition coefficient (Wildman–Crippen LogP) is 2.23. The fourth-order valence-electron chi connectivity index (χ4n) is 2.90. The molecule has 5 nitrogen and oxygen atoms in total. The van der Waals surface area contributed by atoms with Gasteiger partial charge in [-0.15, -0.1) is 0 Å². The Morgan fingerprint density at radius 1 is 1.19 bits per heavy atom. The number of anilines is 3. The van der Waals surface area contributed by atoms with E-state index in [1.54, 1.807) is 0 Å². The van der Waals surface area contributed by atoms with E-state index in [-0.39, 0.29) is 12.5 Å². The van der Waals surface area contributed by atoms with Crippen LogP contribution in [0.25, 0.3) is 0 Å². The van der Waals surface area contributed by atoms with Gasteiger partial charge in [-0.1, -0.05) is 0 Å². The molecule has 0 bridgehead atoms. The van der Waals surface area contributed by atoms with E-state index < -0.39 is 0 Å². The van der Waals surface area contributed by atoms with Crippen LogP contribution in [-0.2, 0) is 4.79 Å². The van der Waals surface area contributed by atoms with Crippen molar-refractivity contribution in [2.24, 2.45) is 11.8 Å². The first-order valence-corrected chi connectivity index (χ1v) is 7.80. The number of rotatable bonds is 5. The lowest BCUT2D eigenvalue weighted by Gasteiger charge is -2.28. The fourth-order valence-corrected chi connectivity index (χ4v) is 2.90. The van der Waals surface area contributed by atoms with E-state index in [1.165, 1.54) is 25.7 Å². The molecule has 3 N–H and O–H groups in total. The number of fused-ring (bicyclic) bond motifs is 1. The first kappa shape index (κ1) is 12.8. The van der Waals surface area contributed by atoms with E-state index >= 15 is 0 Å². The molecule has 112 valence electrons. The van der Waals surface area contributed by atoms with Crippen LogP contribution < -0.4 is 20.7 Å². The number of nitrogen functional groups attached to an aromatic ring is 1. The van der Waals surface area contributed by atoms with Crippen LogP contribution in [0.4, 0.5) is 17.1 Å². The summed E-state index contributed by atoms with van der Waals surface area (Å²) in [5.41, 5.74) is 8.76. The molecule has 4 rings (SSSR count). The zero-order valence-corrected chi connectivity index (χ0v) is 12.1. The zero-order valence-electron chi connectivity index (χ0n) is 12.1. The zero-order chi connectivity index (χ0) is 14.4. The number of nitrogens with two attached hydrogens (primary N) is 1. The summed E-state index contributed by atoms with van der Waals surface area (Å²) in [5, 5.41) is 2.87. The van der Waals surface area contributed by atoms with Crippen LogP contribution in [0.15, 0.2) is 12.1 Å². The maximum absolute atomic E-state index is 11.5. The van der Waals surface area contributed by atoms with E-state index in [2.05, 4.69) is 10.2 Å². The number of ether oxygens (including phenoxy) is 1. The number of nitrogens with one attached hydrogen (secondary N) is 1. The molecule has 1 amide bonds. The number of nitrogens with zero attached hydrogens (tertiary/aromatic N) is 1. The molecule has 1 aromatic rings. The quantitative estimate of drug-likeness (QED) is 0.815. The molecule has 0 aromatic heterocycles. The molecule has 2 aliphatic carbocycles. The van der Waals surface area contributed by atoms with Crippen molar-refractivity contribution in [1.82, 2.24) is 0 Å². The lowest BCUT2D eigenvalue weighted by atomic mass is 10.1. The smallest absolute Gasteiger partial charge is 0.262 e. The Hall–Kier alpha value is -1.91. The van der Waals surface area contributed by atoms with Crippen LogP contribution in [-0.4, -0.2) is 25.6 Å². The molecule has 5 heteroatoms. The van der Waals surface area contributed by atoms with E-state index in [0.29, 0.717) is 5.75 Å². The largest absolute Gasteiger partial charge is 0.482 e. The van der Waals surface area contributed by atoms with Crippen LogP contribution in [0, 0.1) is 11.8 Å². The Balaban J connectivity index is 1.63. The third-order valence-corrected chi connectivity index (χ3v) is 4.45. The summed E-state index contributed by atoms with van der Waals surface area (Å²) in [6.07, 6.45) is 5.30. The van der Waals surface area contributed by atoms with Crippen molar-refractivity contribution in [2.45, 2.75) is 25.7 Å². The Labute approximate surface area is 124 Å². The van der Waals surface area contributed by atoms with Gasteiger partial charge in [0.25, 0.3) is 5.91 Å². The molecule has 0 unspecified atom stereocenters. The second-order valence-electron chi connectivity index (χ2n) is 6.54. The number of hydrogen-bond donors (Lipinski definition) is 2. The summed E-state index contributed by atoms with van der Waals surface area (Å²) in [6.45, 7) is 2.22. The fraction of sp³-hybridized carbons (Fsp3) is 0.562. The van der Waals surface area contributed by atoms with Crippen molar-refractivity contribution in [2.75, 3.05) is 35.6 Å². The minimum atomic E-state index is -0.103. The van der Waals surface area contributed by atoms with Crippen molar-refractivity contribution in [3.05, 3.63) is 12.1 Å². The Kier molecular flexibility index (Phi) is 2.94. The number of benzene rings is 1. The summed E-state index contributed by atoms with van der Waals surface area (Å²) in [5.74, 6) is 2.19. The number of carbonyl (C=O) groups is 1. The Morgan fingerprint density at radius 3 is 2.48 bits per heavy atom. The molecular weight excluding hydrogens is 266 g/mol. The third-order valence-electron chi connectivity index (χ3n) is 4.45. The SMILES string of the molecule is Nc1cc2c(cc1N(CC1CC1)CC1CC1)NC(=O)CO2. The number of carbonyl (C=O) groups excluding carboxylic acids is 1. The van der Waals surface area contributed by atoms with Crippen LogP contribution in [0.1, 0.15) is 25.7 Å². The van der Waals surface area contributed by atoms with Crippen molar-refractivity contribution in [3.8, 4) is 5.75 Å². The van der Waals surface area contributed by atoms with E-state index in [0.717, 1.165) is 42.0 Å². The molecule has 0 saturated heterocycles. The van der Waals surface area contributed by atoms with Gasteiger partial charge in [-0.05, 0) is 43.6 Å². The lowest BCUT2D eigenvalue weighted by Crippen LogP contribution is -2.30. The van der Waals surface area contributed by atoms with Gasteiger partial charge in [0.1, 0.15) is 5.75 Å². The molecule has 0 radical (unpaired) electrons. The lowest BCUT2D eigenvalue weighted by molar-refractivity contribution is -0.118. The van der Waals surface area contributed by atoms with Crippen molar-refractivity contribution < 1.29 is 9.53 Å². The van der Waals surface area contributed by atoms with Gasteiger partial charge in [-0.3, -0.25) is 4.79 Å². The predicted molar refractivity (Wildman–Crippen MR) is 82.6 cm³/mol. The van der Waals surface area contributed by atoms with E-state index in [4.69, 9.17) is 10.5 Å². The highest BCUT2D eigenvalue weighted by Crippen LogP contribution is 2.41. The Morgan fingerprint density at radius 2 is 1.86 bits per heavy atom. The van der Waals surface area contributed by atoms with Gasteiger partial charge in [-0.2, -0.15) is 0 Å². The van der Waals surface area contributed by atoms with Gasteiger partial charge < -0.3 is 20.7 Å². The average molecular weight is 287 g/mol. The van der Waals surface area contributed by atoms with Gasteiger partial charge in [0.05, 0.1) is 17.1 Å². The Bertz CT molecular complexity index is 565. The standard InChI is InChI=1S/C16H21N3O2/c17-12-5-15-13(18-16(20)9-21-15)6-14(12)19(7-10-1-2-10)8-11-3-4-11/h5-6,10-11H,1-4,7-9,17H2,(H,18,20). The molecule has 2 saturated carbocycles. The third kappa shape index (κ3) is 2.77. The average Bonchev–Trinajstić information content (AvgIpc) is 3.33. The summed E-state index contributed by atoms with van der Waals surface area (Å²) in [7, 11) is 0.